The number of benzene rings is 1. The van der Waals surface area contributed by atoms with E-state index in [-0.39, 0.29) is 5.91 Å². The number of pyridine rings is 1. The molecule has 2 aromatic heterocycles. The molecule has 0 bridgehead atoms. The molecule has 4 rings (SSSR count). The lowest BCUT2D eigenvalue weighted by molar-refractivity contribution is -0.192. The smallest absolute Gasteiger partial charge is 0.475 e. The summed E-state index contributed by atoms with van der Waals surface area (Å²) in [7, 11) is 2.11. The van der Waals surface area contributed by atoms with Gasteiger partial charge in [0.1, 0.15) is 10.8 Å². The molecule has 7 nitrogen and oxygen atoms in total. The fourth-order valence-corrected chi connectivity index (χ4v) is 3.29. The van der Waals surface area contributed by atoms with Crippen molar-refractivity contribution < 1.29 is 27.9 Å². The number of carbonyl (C=O) groups excluding carboxylic acids is 1. The summed E-state index contributed by atoms with van der Waals surface area (Å²) in [5.74, 6) is -2.91. The molecule has 3 aromatic rings. The number of halogens is 4. The van der Waals surface area contributed by atoms with E-state index in [1.54, 1.807) is 18.3 Å². The topological polar surface area (TPSA) is 98.3 Å². The standard InChI is InChI=1S/C18H17ClN4O.C2HF3O2/c1-23-7-6-11-2-3-13(8-12(11)10-23)21-18(24)15-9-20-17-14(15)4-5-16(19)22-17;3-2(4,5)1(6)7/h2-5,8-9H,6-7,10H2,1H3,(H,20,22)(H,21,24);(H,6,7). The van der Waals surface area contributed by atoms with Crippen molar-refractivity contribution in [3.05, 3.63) is 58.4 Å². The number of aliphatic carboxylic acids is 1. The molecule has 0 aliphatic carbocycles. The molecule has 1 aliphatic rings. The number of fused-ring (bicyclic) bond motifs is 2. The molecule has 11 heteroatoms. The number of rotatable bonds is 2. The van der Waals surface area contributed by atoms with Crippen LogP contribution in [0.3, 0.4) is 0 Å². The van der Waals surface area contributed by atoms with E-state index in [1.807, 2.05) is 6.07 Å². The largest absolute Gasteiger partial charge is 0.490 e. The van der Waals surface area contributed by atoms with Crippen LogP contribution >= 0.6 is 11.6 Å². The van der Waals surface area contributed by atoms with E-state index in [1.165, 1.54) is 11.1 Å². The van der Waals surface area contributed by atoms with Crippen molar-refractivity contribution in [2.24, 2.45) is 0 Å². The van der Waals surface area contributed by atoms with E-state index in [9.17, 15) is 18.0 Å². The van der Waals surface area contributed by atoms with E-state index in [0.29, 0.717) is 16.4 Å². The minimum atomic E-state index is -5.08. The number of amides is 1. The normalized spacial score (nSPS) is 13.8. The summed E-state index contributed by atoms with van der Waals surface area (Å²) >= 11 is 5.88. The van der Waals surface area contributed by atoms with Crippen LogP contribution in [0.1, 0.15) is 21.5 Å². The van der Waals surface area contributed by atoms with Crippen LogP contribution in [-0.2, 0) is 17.8 Å². The van der Waals surface area contributed by atoms with Crippen molar-refractivity contribution in [3.63, 3.8) is 0 Å². The zero-order valence-electron chi connectivity index (χ0n) is 16.3. The first-order valence-electron chi connectivity index (χ1n) is 9.10. The first-order valence-corrected chi connectivity index (χ1v) is 9.48. The Morgan fingerprint density at radius 2 is 1.94 bits per heavy atom. The number of aromatic amines is 1. The number of hydrogen-bond donors (Lipinski definition) is 3. The second-order valence-electron chi connectivity index (χ2n) is 6.96. The first kappa shape index (κ1) is 22.6. The Labute approximate surface area is 179 Å². The van der Waals surface area contributed by atoms with E-state index in [0.717, 1.165) is 30.6 Å². The van der Waals surface area contributed by atoms with Gasteiger partial charge in [0.05, 0.1) is 5.56 Å². The van der Waals surface area contributed by atoms with E-state index in [4.69, 9.17) is 21.5 Å². The highest BCUT2D eigenvalue weighted by Crippen LogP contribution is 2.24. The minimum absolute atomic E-state index is 0.158. The number of nitrogens with one attached hydrogen (secondary N) is 2. The second kappa shape index (κ2) is 8.94. The number of nitrogens with zero attached hydrogens (tertiary/aromatic N) is 2. The van der Waals surface area contributed by atoms with Crippen molar-refractivity contribution in [1.82, 2.24) is 14.9 Å². The van der Waals surface area contributed by atoms with Gasteiger partial charge in [0.15, 0.2) is 0 Å². The second-order valence-corrected chi connectivity index (χ2v) is 7.35. The van der Waals surface area contributed by atoms with E-state index >= 15 is 0 Å². The van der Waals surface area contributed by atoms with Gasteiger partial charge in [-0.1, -0.05) is 17.7 Å². The Kier molecular flexibility index (Phi) is 6.51. The van der Waals surface area contributed by atoms with Gasteiger partial charge < -0.3 is 20.3 Å². The van der Waals surface area contributed by atoms with Gasteiger partial charge in [-0.2, -0.15) is 13.2 Å². The van der Waals surface area contributed by atoms with Gasteiger partial charge in [0.2, 0.25) is 0 Å². The third kappa shape index (κ3) is 5.53. The predicted molar refractivity (Wildman–Crippen MR) is 109 cm³/mol. The van der Waals surface area contributed by atoms with Crippen LogP contribution in [0.15, 0.2) is 36.5 Å². The summed E-state index contributed by atoms with van der Waals surface area (Å²) in [5, 5.41) is 11.3. The SMILES string of the molecule is CN1CCc2ccc(NC(=O)c3c[nH]c4nc(Cl)ccc34)cc2C1.O=C(O)C(F)(F)F. The van der Waals surface area contributed by atoms with Crippen LogP contribution in [0, 0.1) is 0 Å². The van der Waals surface area contributed by atoms with Gasteiger partial charge in [-0.05, 0) is 48.9 Å². The summed E-state index contributed by atoms with van der Waals surface area (Å²) in [4.78, 5) is 30.9. The molecule has 1 amide bonds. The van der Waals surface area contributed by atoms with Crippen LogP contribution in [0.5, 0.6) is 0 Å². The minimum Gasteiger partial charge on any atom is -0.475 e. The molecule has 0 spiro atoms. The Morgan fingerprint density at radius 3 is 2.61 bits per heavy atom. The summed E-state index contributed by atoms with van der Waals surface area (Å²) in [5.41, 5.74) is 4.61. The number of carbonyl (C=O) groups is 2. The third-order valence-corrected chi connectivity index (χ3v) is 4.87. The molecule has 31 heavy (non-hydrogen) atoms. The number of carboxylic acids is 1. The highest BCUT2D eigenvalue weighted by molar-refractivity contribution is 6.29. The Morgan fingerprint density at radius 1 is 1.23 bits per heavy atom. The fraction of sp³-hybridized carbons (Fsp3) is 0.250. The van der Waals surface area contributed by atoms with Crippen LogP contribution in [0.25, 0.3) is 11.0 Å². The van der Waals surface area contributed by atoms with Crippen LogP contribution < -0.4 is 5.32 Å². The van der Waals surface area contributed by atoms with Crippen LogP contribution in [0.2, 0.25) is 5.15 Å². The maximum absolute atomic E-state index is 12.6. The van der Waals surface area contributed by atoms with Crippen molar-refractivity contribution >= 4 is 40.2 Å². The number of hydrogen-bond acceptors (Lipinski definition) is 4. The molecule has 0 atom stereocenters. The van der Waals surface area contributed by atoms with Crippen molar-refractivity contribution in [2.45, 2.75) is 19.1 Å². The number of alkyl halides is 3. The van der Waals surface area contributed by atoms with Crippen molar-refractivity contribution in [2.75, 3.05) is 18.9 Å². The van der Waals surface area contributed by atoms with Gasteiger partial charge in [0, 0.05) is 30.4 Å². The molecule has 0 saturated heterocycles. The number of anilines is 1. The molecule has 1 aliphatic heterocycles. The van der Waals surface area contributed by atoms with Gasteiger partial charge >= 0.3 is 12.1 Å². The zero-order valence-corrected chi connectivity index (χ0v) is 17.0. The monoisotopic (exact) mass is 454 g/mol. The van der Waals surface area contributed by atoms with Crippen molar-refractivity contribution in [3.8, 4) is 0 Å². The summed E-state index contributed by atoms with van der Waals surface area (Å²) in [6.07, 6.45) is -2.37. The molecular weight excluding hydrogens is 437 g/mol. The average molecular weight is 455 g/mol. The van der Waals surface area contributed by atoms with E-state index in [2.05, 4.69) is 39.4 Å². The van der Waals surface area contributed by atoms with Gasteiger partial charge in [-0.3, -0.25) is 4.79 Å². The molecule has 0 unspecified atom stereocenters. The lowest BCUT2D eigenvalue weighted by Gasteiger charge is -2.25. The fourth-order valence-electron chi connectivity index (χ4n) is 3.14. The molecule has 3 N–H and O–H groups in total. The number of H-pyrrole nitrogens is 1. The predicted octanol–water partition coefficient (Wildman–Crippen LogP) is 4.09. The Bertz CT molecular complexity index is 1130. The van der Waals surface area contributed by atoms with Gasteiger partial charge in [0.25, 0.3) is 5.91 Å². The highest BCUT2D eigenvalue weighted by atomic mass is 35.5. The number of likely N-dealkylation sites (N-methyl/N-ethyl adjacent to an activating group) is 1. The summed E-state index contributed by atoms with van der Waals surface area (Å²) in [6, 6.07) is 9.62. The first-order chi connectivity index (χ1) is 14.5. The van der Waals surface area contributed by atoms with Gasteiger partial charge in [-0.25, -0.2) is 9.78 Å². The molecule has 1 aromatic carbocycles. The van der Waals surface area contributed by atoms with Crippen LogP contribution in [-0.4, -0.2) is 51.6 Å². The lowest BCUT2D eigenvalue weighted by atomic mass is 9.99. The van der Waals surface area contributed by atoms with Crippen LogP contribution in [0.4, 0.5) is 18.9 Å². The Hall–Kier alpha value is -3.11. The molecule has 0 radical (unpaired) electrons. The number of carboxylic acid groups (broad SMARTS) is 1. The Balaban J connectivity index is 0.000000339. The lowest BCUT2D eigenvalue weighted by Crippen LogP contribution is -2.26. The van der Waals surface area contributed by atoms with E-state index < -0.39 is 12.1 Å². The summed E-state index contributed by atoms with van der Waals surface area (Å²) < 4.78 is 31.7. The summed E-state index contributed by atoms with van der Waals surface area (Å²) in [6.45, 7) is 1.98. The quantitative estimate of drug-likeness (QED) is 0.507. The molecule has 0 fully saturated rings. The average Bonchev–Trinajstić information content (AvgIpc) is 3.10. The molecule has 164 valence electrons. The van der Waals surface area contributed by atoms with Crippen molar-refractivity contribution in [1.29, 1.82) is 0 Å². The zero-order chi connectivity index (χ0) is 22.8. The molecule has 0 saturated carbocycles. The highest BCUT2D eigenvalue weighted by Gasteiger charge is 2.38. The molecular formula is C20H18ClF3N4O3. The van der Waals surface area contributed by atoms with Gasteiger partial charge in [-0.15, -0.1) is 0 Å². The molecule has 3 heterocycles. The third-order valence-electron chi connectivity index (χ3n) is 4.66. The maximum atomic E-state index is 12.6. The maximum Gasteiger partial charge on any atom is 0.490 e. The number of aromatic nitrogens is 2.